The Balaban J connectivity index is 1.61. The Morgan fingerprint density at radius 3 is 2.85 bits per heavy atom. The van der Waals surface area contributed by atoms with Gasteiger partial charge in [-0.25, -0.2) is 4.79 Å². The van der Waals surface area contributed by atoms with Crippen molar-refractivity contribution in [3.8, 4) is 0 Å². The molecule has 8 heteroatoms. The van der Waals surface area contributed by atoms with Gasteiger partial charge in [0.1, 0.15) is 12.1 Å². The molecule has 0 saturated carbocycles. The fraction of sp³-hybridized carbons (Fsp3) is 0.500. The summed E-state index contributed by atoms with van der Waals surface area (Å²) in [6.45, 7) is 4.18. The minimum absolute atomic E-state index is 0.0605. The van der Waals surface area contributed by atoms with E-state index in [9.17, 15) is 14.4 Å². The molecule has 0 spiro atoms. The molecule has 26 heavy (non-hydrogen) atoms. The van der Waals surface area contributed by atoms with Gasteiger partial charge in [-0.1, -0.05) is 24.9 Å². The summed E-state index contributed by atoms with van der Waals surface area (Å²) < 4.78 is 0. The summed E-state index contributed by atoms with van der Waals surface area (Å²) in [7, 11) is 0. The Hall–Kier alpha value is -2.28. The van der Waals surface area contributed by atoms with Gasteiger partial charge in [-0.05, 0) is 43.5 Å². The van der Waals surface area contributed by atoms with Crippen LogP contribution in [-0.2, 0) is 9.59 Å². The molecule has 7 nitrogen and oxygen atoms in total. The normalized spacial score (nSPS) is 24.9. The number of piperazine rings is 1. The molecule has 3 rings (SSSR count). The van der Waals surface area contributed by atoms with Crippen LogP contribution in [0.2, 0.25) is 5.02 Å². The summed E-state index contributed by atoms with van der Waals surface area (Å²) in [5, 5.41) is 9.04. The zero-order valence-corrected chi connectivity index (χ0v) is 15.6. The van der Waals surface area contributed by atoms with E-state index in [1.807, 2.05) is 13.8 Å². The van der Waals surface area contributed by atoms with Crippen molar-refractivity contribution in [1.29, 1.82) is 0 Å². The number of anilines is 1. The van der Waals surface area contributed by atoms with E-state index in [4.69, 9.17) is 11.6 Å². The van der Waals surface area contributed by atoms with E-state index in [0.29, 0.717) is 30.1 Å². The van der Waals surface area contributed by atoms with Crippen LogP contribution in [0.5, 0.6) is 0 Å². The quantitative estimate of drug-likeness (QED) is 0.748. The van der Waals surface area contributed by atoms with E-state index in [2.05, 4.69) is 16.0 Å². The van der Waals surface area contributed by atoms with Crippen LogP contribution in [0.25, 0.3) is 0 Å². The number of aryl methyl sites for hydroxylation is 1. The lowest BCUT2D eigenvalue weighted by Crippen LogP contribution is -2.61. The summed E-state index contributed by atoms with van der Waals surface area (Å²) in [4.78, 5) is 38.6. The molecule has 140 valence electrons. The van der Waals surface area contributed by atoms with Crippen molar-refractivity contribution >= 4 is 35.1 Å². The highest BCUT2D eigenvalue weighted by molar-refractivity contribution is 6.30. The molecular formula is C18H23ClN4O3. The fourth-order valence-corrected chi connectivity index (χ4v) is 3.78. The van der Waals surface area contributed by atoms with Gasteiger partial charge in [-0.3, -0.25) is 9.59 Å². The number of carbonyl (C=O) groups is 3. The van der Waals surface area contributed by atoms with E-state index in [1.54, 1.807) is 23.1 Å². The number of halogens is 1. The van der Waals surface area contributed by atoms with Gasteiger partial charge < -0.3 is 20.9 Å². The second kappa shape index (κ2) is 7.53. The smallest absolute Gasteiger partial charge is 0.319 e. The van der Waals surface area contributed by atoms with Crippen molar-refractivity contribution < 1.29 is 14.4 Å². The molecule has 0 aliphatic carbocycles. The third-order valence-electron chi connectivity index (χ3n) is 4.85. The standard InChI is InChI=1S/C18H23ClN4O3/c1-3-4-14-17(25)23-9-12(8-15(23)16(24)21-14)20-18(26)22-13-6-5-11(19)7-10(13)2/h5-7,12,14-15H,3-4,8-9H2,1-2H3,(H,21,24)(H2,20,22,26)/t12-,14-,15-/m0/s1. The summed E-state index contributed by atoms with van der Waals surface area (Å²) >= 11 is 5.92. The van der Waals surface area contributed by atoms with E-state index in [0.717, 1.165) is 12.0 Å². The lowest BCUT2D eigenvalue weighted by molar-refractivity contribution is -0.147. The Labute approximate surface area is 157 Å². The highest BCUT2D eigenvalue weighted by atomic mass is 35.5. The molecule has 2 heterocycles. The van der Waals surface area contributed by atoms with Crippen LogP contribution >= 0.6 is 11.6 Å². The van der Waals surface area contributed by atoms with Gasteiger partial charge >= 0.3 is 6.03 Å². The maximum atomic E-state index is 12.5. The summed E-state index contributed by atoms with van der Waals surface area (Å²) in [6.07, 6.45) is 1.87. The van der Waals surface area contributed by atoms with Crippen LogP contribution in [0.4, 0.5) is 10.5 Å². The molecule has 2 saturated heterocycles. The minimum Gasteiger partial charge on any atom is -0.343 e. The molecule has 4 amide bonds. The van der Waals surface area contributed by atoms with Crippen molar-refractivity contribution in [3.63, 3.8) is 0 Å². The number of nitrogens with one attached hydrogen (secondary N) is 3. The van der Waals surface area contributed by atoms with Crippen molar-refractivity contribution in [2.75, 3.05) is 11.9 Å². The summed E-state index contributed by atoms with van der Waals surface area (Å²) in [6, 6.07) is 3.63. The van der Waals surface area contributed by atoms with Gasteiger partial charge in [0, 0.05) is 17.3 Å². The highest BCUT2D eigenvalue weighted by Crippen LogP contribution is 2.24. The molecule has 0 radical (unpaired) electrons. The fourth-order valence-electron chi connectivity index (χ4n) is 3.56. The lowest BCUT2D eigenvalue weighted by atomic mass is 10.0. The lowest BCUT2D eigenvalue weighted by Gasteiger charge is -2.34. The monoisotopic (exact) mass is 378 g/mol. The number of carbonyl (C=O) groups excluding carboxylic acids is 3. The van der Waals surface area contributed by atoms with Gasteiger partial charge in [0.05, 0.1) is 6.04 Å². The van der Waals surface area contributed by atoms with E-state index < -0.39 is 12.1 Å². The van der Waals surface area contributed by atoms with Crippen LogP contribution < -0.4 is 16.0 Å². The average Bonchev–Trinajstić information content (AvgIpc) is 3.00. The molecular weight excluding hydrogens is 356 g/mol. The number of benzene rings is 1. The van der Waals surface area contributed by atoms with Gasteiger partial charge in [-0.15, -0.1) is 0 Å². The predicted molar refractivity (Wildman–Crippen MR) is 99.1 cm³/mol. The third kappa shape index (κ3) is 3.77. The maximum absolute atomic E-state index is 12.5. The molecule has 0 unspecified atom stereocenters. The first kappa shape index (κ1) is 18.5. The molecule has 0 bridgehead atoms. The number of nitrogens with zero attached hydrogens (tertiary/aromatic N) is 1. The molecule has 3 N–H and O–H groups in total. The highest BCUT2D eigenvalue weighted by Gasteiger charge is 2.46. The SMILES string of the molecule is CCC[C@@H]1NC(=O)[C@@H]2C[C@H](NC(=O)Nc3ccc(Cl)cc3C)CN2C1=O. The molecule has 3 atom stereocenters. The zero-order valence-electron chi connectivity index (χ0n) is 14.8. The molecule has 2 aliphatic heterocycles. The largest absolute Gasteiger partial charge is 0.343 e. The van der Waals surface area contributed by atoms with Gasteiger partial charge in [0.2, 0.25) is 11.8 Å². The zero-order chi connectivity index (χ0) is 18.8. The maximum Gasteiger partial charge on any atom is 0.319 e. The number of amides is 4. The summed E-state index contributed by atoms with van der Waals surface area (Å²) in [5.41, 5.74) is 1.52. The number of urea groups is 1. The van der Waals surface area contributed by atoms with Gasteiger partial charge in [0.25, 0.3) is 0 Å². The van der Waals surface area contributed by atoms with Gasteiger partial charge in [-0.2, -0.15) is 0 Å². The first-order valence-electron chi connectivity index (χ1n) is 8.83. The van der Waals surface area contributed by atoms with Crippen LogP contribution in [-0.4, -0.2) is 47.4 Å². The Morgan fingerprint density at radius 2 is 2.15 bits per heavy atom. The minimum atomic E-state index is -0.502. The van der Waals surface area contributed by atoms with Crippen molar-refractivity contribution in [2.45, 2.75) is 51.2 Å². The second-order valence-corrected chi connectivity index (χ2v) is 7.28. The van der Waals surface area contributed by atoms with Crippen molar-refractivity contribution in [2.24, 2.45) is 0 Å². The topological polar surface area (TPSA) is 90.5 Å². The predicted octanol–water partition coefficient (Wildman–Crippen LogP) is 2.04. The molecule has 2 aliphatic rings. The molecule has 0 aromatic heterocycles. The molecule has 1 aromatic rings. The summed E-state index contributed by atoms with van der Waals surface area (Å²) in [5.74, 6) is -0.198. The number of hydrogen-bond acceptors (Lipinski definition) is 3. The first-order chi connectivity index (χ1) is 12.4. The third-order valence-corrected chi connectivity index (χ3v) is 5.09. The Bertz CT molecular complexity index is 739. The van der Waals surface area contributed by atoms with Crippen LogP contribution in [0.3, 0.4) is 0 Å². The number of fused-ring (bicyclic) bond motifs is 1. The average molecular weight is 379 g/mol. The van der Waals surface area contributed by atoms with Crippen LogP contribution in [0, 0.1) is 6.92 Å². The number of rotatable bonds is 4. The van der Waals surface area contributed by atoms with E-state index in [-0.39, 0.29) is 23.9 Å². The van der Waals surface area contributed by atoms with E-state index in [1.165, 1.54) is 0 Å². The molecule has 1 aromatic carbocycles. The van der Waals surface area contributed by atoms with Crippen LogP contribution in [0.1, 0.15) is 31.7 Å². The van der Waals surface area contributed by atoms with Crippen molar-refractivity contribution in [3.05, 3.63) is 28.8 Å². The molecule has 2 fully saturated rings. The van der Waals surface area contributed by atoms with Gasteiger partial charge in [0.15, 0.2) is 0 Å². The number of hydrogen-bond donors (Lipinski definition) is 3. The Morgan fingerprint density at radius 1 is 1.38 bits per heavy atom. The first-order valence-corrected chi connectivity index (χ1v) is 9.21. The van der Waals surface area contributed by atoms with Crippen molar-refractivity contribution in [1.82, 2.24) is 15.5 Å². The Kier molecular flexibility index (Phi) is 5.36. The second-order valence-electron chi connectivity index (χ2n) is 6.85. The van der Waals surface area contributed by atoms with E-state index >= 15 is 0 Å². The van der Waals surface area contributed by atoms with Crippen LogP contribution in [0.15, 0.2) is 18.2 Å².